The topological polar surface area (TPSA) is 40.7 Å². The first-order chi connectivity index (χ1) is 7.36. The lowest BCUT2D eigenvalue weighted by molar-refractivity contribution is 0.454. The fourth-order valence-electron chi connectivity index (χ4n) is 2.35. The first-order valence-corrected chi connectivity index (χ1v) is 6.18. The minimum Gasteiger partial charge on any atom is -0.316 e. The molecule has 0 amide bonds. The Bertz CT molecular complexity index is 351. The van der Waals surface area contributed by atoms with Crippen LogP contribution in [0.3, 0.4) is 0 Å². The molecule has 4 heteroatoms. The monoisotopic (exact) mass is 225 g/mol. The van der Waals surface area contributed by atoms with Gasteiger partial charge in [-0.3, -0.25) is 5.10 Å². The summed E-state index contributed by atoms with van der Waals surface area (Å²) in [5.74, 6) is 1.17. The van der Waals surface area contributed by atoms with Gasteiger partial charge in [0, 0.05) is 18.4 Å². The molecule has 1 aliphatic heterocycles. The van der Waals surface area contributed by atoms with Gasteiger partial charge in [-0.2, -0.15) is 5.10 Å². The van der Waals surface area contributed by atoms with Gasteiger partial charge in [-0.05, 0) is 32.2 Å². The Morgan fingerprint density at radius 2 is 2.07 bits per heavy atom. The normalized spacial score (nSPS) is 26.9. The predicted molar refractivity (Wildman–Crippen MR) is 60.4 cm³/mol. The third kappa shape index (κ3) is 1.79. The van der Waals surface area contributed by atoms with Crippen LogP contribution in [-0.2, 0) is 0 Å². The van der Waals surface area contributed by atoms with Crippen molar-refractivity contribution in [3.05, 3.63) is 16.4 Å². The van der Waals surface area contributed by atoms with Crippen molar-refractivity contribution in [2.45, 2.75) is 37.5 Å². The lowest BCUT2D eigenvalue weighted by Crippen LogP contribution is -2.28. The second-order valence-electron chi connectivity index (χ2n) is 4.65. The molecule has 1 atom stereocenters. The Hall–Kier alpha value is -0.540. The number of aromatic amines is 1. The van der Waals surface area contributed by atoms with Gasteiger partial charge in [-0.25, -0.2) is 0 Å². The smallest absolute Gasteiger partial charge is 0.0854 e. The van der Waals surface area contributed by atoms with E-state index in [9.17, 15) is 0 Å². The van der Waals surface area contributed by atoms with Crippen molar-refractivity contribution in [1.29, 1.82) is 0 Å². The summed E-state index contributed by atoms with van der Waals surface area (Å²) < 4.78 is 0. The number of piperidine rings is 1. The summed E-state index contributed by atoms with van der Waals surface area (Å²) in [5, 5.41) is 11.8. The highest BCUT2D eigenvalue weighted by molar-refractivity contribution is 6.32. The molecule has 2 N–H and O–H groups in total. The second-order valence-corrected chi connectivity index (χ2v) is 5.03. The Kier molecular flexibility index (Phi) is 2.45. The number of hydrogen-bond donors (Lipinski definition) is 2. The molecule has 2 fully saturated rings. The molecule has 0 aromatic carbocycles. The molecule has 1 unspecified atom stereocenters. The number of aromatic nitrogens is 2. The van der Waals surface area contributed by atoms with E-state index in [-0.39, 0.29) is 0 Å². The van der Waals surface area contributed by atoms with E-state index in [0.717, 1.165) is 23.8 Å². The number of halogens is 1. The van der Waals surface area contributed by atoms with Crippen LogP contribution in [0.1, 0.15) is 48.9 Å². The largest absolute Gasteiger partial charge is 0.316 e. The molecule has 3 rings (SSSR count). The van der Waals surface area contributed by atoms with Crippen LogP contribution in [-0.4, -0.2) is 23.3 Å². The second kappa shape index (κ2) is 3.80. The standard InChI is InChI=1S/C11H16ClN3/c12-9-10(7-3-4-7)14-15-11(9)8-2-1-5-13-6-8/h7-8,13H,1-6H2,(H,14,15). The highest BCUT2D eigenvalue weighted by Crippen LogP contribution is 2.44. The minimum atomic E-state index is 0.509. The van der Waals surface area contributed by atoms with Crippen molar-refractivity contribution < 1.29 is 0 Å². The number of nitrogens with zero attached hydrogens (tertiary/aromatic N) is 1. The number of nitrogens with one attached hydrogen (secondary N) is 2. The molecular formula is C11H16ClN3. The van der Waals surface area contributed by atoms with Crippen LogP contribution in [0.5, 0.6) is 0 Å². The van der Waals surface area contributed by atoms with E-state index >= 15 is 0 Å². The zero-order chi connectivity index (χ0) is 10.3. The Labute approximate surface area is 94.6 Å². The Morgan fingerprint density at radius 1 is 1.20 bits per heavy atom. The molecule has 0 spiro atoms. The lowest BCUT2D eigenvalue weighted by Gasteiger charge is -2.21. The van der Waals surface area contributed by atoms with E-state index in [1.54, 1.807) is 0 Å². The Morgan fingerprint density at radius 3 is 2.73 bits per heavy atom. The lowest BCUT2D eigenvalue weighted by atomic mass is 9.96. The van der Waals surface area contributed by atoms with E-state index in [1.165, 1.54) is 31.4 Å². The van der Waals surface area contributed by atoms with Crippen LogP contribution in [0, 0.1) is 0 Å². The van der Waals surface area contributed by atoms with Crippen LogP contribution in [0.4, 0.5) is 0 Å². The minimum absolute atomic E-state index is 0.509. The van der Waals surface area contributed by atoms with E-state index in [1.807, 2.05) is 0 Å². The van der Waals surface area contributed by atoms with Crippen LogP contribution < -0.4 is 5.32 Å². The van der Waals surface area contributed by atoms with Crippen molar-refractivity contribution in [3.8, 4) is 0 Å². The summed E-state index contributed by atoms with van der Waals surface area (Å²) in [6.07, 6.45) is 4.98. The maximum Gasteiger partial charge on any atom is 0.0854 e. The highest BCUT2D eigenvalue weighted by atomic mass is 35.5. The van der Waals surface area contributed by atoms with Gasteiger partial charge in [0.05, 0.1) is 16.4 Å². The molecule has 82 valence electrons. The third-order valence-corrected chi connectivity index (χ3v) is 3.82. The number of H-pyrrole nitrogens is 1. The fraction of sp³-hybridized carbons (Fsp3) is 0.727. The SMILES string of the molecule is Clc1c(C2CCCNC2)n[nH]c1C1CC1. The van der Waals surface area contributed by atoms with E-state index in [0.29, 0.717) is 11.8 Å². The van der Waals surface area contributed by atoms with Gasteiger partial charge < -0.3 is 5.32 Å². The molecule has 2 aliphatic rings. The maximum atomic E-state index is 6.37. The van der Waals surface area contributed by atoms with Crippen LogP contribution in [0.2, 0.25) is 5.02 Å². The van der Waals surface area contributed by atoms with Gasteiger partial charge in [-0.15, -0.1) is 0 Å². The summed E-state index contributed by atoms with van der Waals surface area (Å²) in [6, 6.07) is 0. The van der Waals surface area contributed by atoms with Crippen molar-refractivity contribution in [2.75, 3.05) is 13.1 Å². The van der Waals surface area contributed by atoms with Crippen LogP contribution in [0.25, 0.3) is 0 Å². The molecule has 3 nitrogen and oxygen atoms in total. The summed E-state index contributed by atoms with van der Waals surface area (Å²) in [4.78, 5) is 0. The highest BCUT2D eigenvalue weighted by Gasteiger charge is 2.31. The molecule has 0 radical (unpaired) electrons. The quantitative estimate of drug-likeness (QED) is 0.812. The molecule has 1 saturated carbocycles. The van der Waals surface area contributed by atoms with Crippen LogP contribution in [0.15, 0.2) is 0 Å². The molecule has 1 saturated heterocycles. The van der Waals surface area contributed by atoms with Gasteiger partial charge in [0.15, 0.2) is 0 Å². The van der Waals surface area contributed by atoms with Gasteiger partial charge >= 0.3 is 0 Å². The van der Waals surface area contributed by atoms with Gasteiger partial charge in [-0.1, -0.05) is 11.6 Å². The van der Waals surface area contributed by atoms with E-state index in [4.69, 9.17) is 11.6 Å². The first-order valence-electron chi connectivity index (χ1n) is 5.80. The van der Waals surface area contributed by atoms with Crippen molar-refractivity contribution >= 4 is 11.6 Å². The third-order valence-electron chi connectivity index (χ3n) is 3.43. The molecule has 2 heterocycles. The molecule has 1 aromatic rings. The summed E-state index contributed by atoms with van der Waals surface area (Å²) in [7, 11) is 0. The molecule has 1 aliphatic carbocycles. The summed E-state index contributed by atoms with van der Waals surface area (Å²) in [5.41, 5.74) is 2.27. The molecule has 0 bridgehead atoms. The number of rotatable bonds is 2. The fourth-order valence-corrected chi connectivity index (χ4v) is 2.75. The van der Waals surface area contributed by atoms with E-state index in [2.05, 4.69) is 15.5 Å². The average molecular weight is 226 g/mol. The molecular weight excluding hydrogens is 210 g/mol. The summed E-state index contributed by atoms with van der Waals surface area (Å²) >= 11 is 6.37. The Balaban J connectivity index is 1.83. The number of hydrogen-bond acceptors (Lipinski definition) is 2. The van der Waals surface area contributed by atoms with Gasteiger partial charge in [0.25, 0.3) is 0 Å². The maximum absolute atomic E-state index is 6.37. The van der Waals surface area contributed by atoms with Crippen molar-refractivity contribution in [1.82, 2.24) is 15.5 Å². The average Bonchev–Trinajstić information content (AvgIpc) is 3.04. The van der Waals surface area contributed by atoms with Gasteiger partial charge in [0.2, 0.25) is 0 Å². The zero-order valence-electron chi connectivity index (χ0n) is 8.72. The van der Waals surface area contributed by atoms with E-state index < -0.39 is 0 Å². The van der Waals surface area contributed by atoms with Crippen molar-refractivity contribution in [3.63, 3.8) is 0 Å². The van der Waals surface area contributed by atoms with Gasteiger partial charge in [0.1, 0.15) is 0 Å². The predicted octanol–water partition coefficient (Wildman–Crippen LogP) is 2.41. The van der Waals surface area contributed by atoms with Crippen LogP contribution >= 0.6 is 11.6 Å². The molecule has 15 heavy (non-hydrogen) atoms. The van der Waals surface area contributed by atoms with Crippen molar-refractivity contribution in [2.24, 2.45) is 0 Å². The summed E-state index contributed by atoms with van der Waals surface area (Å²) in [6.45, 7) is 2.16. The molecule has 1 aromatic heterocycles. The first kappa shape index (κ1) is 9.67. The zero-order valence-corrected chi connectivity index (χ0v) is 9.48.